The summed E-state index contributed by atoms with van der Waals surface area (Å²) < 4.78 is 1.78. The van der Waals surface area contributed by atoms with Gasteiger partial charge in [0, 0.05) is 17.3 Å². The van der Waals surface area contributed by atoms with E-state index in [1.807, 2.05) is 12.3 Å². The topological polar surface area (TPSA) is 113 Å². The van der Waals surface area contributed by atoms with E-state index in [2.05, 4.69) is 15.6 Å². The lowest BCUT2D eigenvalue weighted by atomic mass is 10.4. The van der Waals surface area contributed by atoms with Gasteiger partial charge in [0.2, 0.25) is 5.91 Å². The van der Waals surface area contributed by atoms with Crippen molar-refractivity contribution in [3.8, 4) is 0 Å². The molecule has 0 spiro atoms. The highest BCUT2D eigenvalue weighted by Gasteiger charge is 2.13. The molecule has 8 nitrogen and oxygen atoms in total. The Labute approximate surface area is 117 Å². The molecule has 0 fully saturated rings. The van der Waals surface area contributed by atoms with Crippen molar-refractivity contribution in [2.45, 2.75) is 6.92 Å². The molecule has 2 amide bonds. The van der Waals surface area contributed by atoms with Gasteiger partial charge in [0.05, 0.1) is 6.54 Å². The van der Waals surface area contributed by atoms with Gasteiger partial charge in [0.1, 0.15) is 12.2 Å². The van der Waals surface area contributed by atoms with Gasteiger partial charge in [-0.15, -0.1) is 11.3 Å². The van der Waals surface area contributed by atoms with E-state index in [0.717, 1.165) is 5.69 Å². The number of fused-ring (bicyclic) bond motifs is 1. The number of aliphatic carboxylic acids is 1. The number of carboxylic acids is 1. The van der Waals surface area contributed by atoms with Crippen LogP contribution in [0.15, 0.2) is 11.6 Å². The maximum absolute atomic E-state index is 11.8. The number of amides is 2. The van der Waals surface area contributed by atoms with E-state index in [4.69, 9.17) is 5.11 Å². The van der Waals surface area contributed by atoms with Crippen LogP contribution in [0.3, 0.4) is 0 Å². The number of thiazole rings is 1. The number of carbonyl (C=O) groups is 3. The van der Waals surface area contributed by atoms with Gasteiger partial charge in [-0.05, 0) is 6.92 Å². The summed E-state index contributed by atoms with van der Waals surface area (Å²) in [7, 11) is 0. The van der Waals surface area contributed by atoms with Gasteiger partial charge in [0.25, 0.3) is 5.91 Å². The lowest BCUT2D eigenvalue weighted by Gasteiger charge is -2.03. The van der Waals surface area contributed by atoms with Gasteiger partial charge >= 0.3 is 5.97 Å². The predicted octanol–water partition coefficient (Wildman–Crippen LogP) is -0.365. The predicted molar refractivity (Wildman–Crippen MR) is 70.8 cm³/mol. The van der Waals surface area contributed by atoms with Crippen LogP contribution < -0.4 is 10.6 Å². The highest BCUT2D eigenvalue weighted by Crippen LogP contribution is 2.15. The third-order valence-electron chi connectivity index (χ3n) is 2.47. The van der Waals surface area contributed by atoms with E-state index in [1.54, 1.807) is 10.6 Å². The molecule has 2 rings (SSSR count). The summed E-state index contributed by atoms with van der Waals surface area (Å²) >= 11 is 1.42. The molecule has 0 radical (unpaired) electrons. The fourth-order valence-corrected chi connectivity index (χ4v) is 2.34. The monoisotopic (exact) mass is 296 g/mol. The highest BCUT2D eigenvalue weighted by molar-refractivity contribution is 7.15. The number of hydrogen-bond acceptors (Lipinski definition) is 5. The van der Waals surface area contributed by atoms with Crippen molar-refractivity contribution in [3.63, 3.8) is 0 Å². The fourth-order valence-electron chi connectivity index (χ4n) is 1.49. The average Bonchev–Trinajstić information content (AvgIpc) is 2.96. The Balaban J connectivity index is 1.91. The summed E-state index contributed by atoms with van der Waals surface area (Å²) in [5.41, 5.74) is 1.18. The third-order valence-corrected chi connectivity index (χ3v) is 3.43. The Morgan fingerprint density at radius 3 is 2.75 bits per heavy atom. The lowest BCUT2D eigenvalue weighted by molar-refractivity contribution is -0.137. The minimum absolute atomic E-state index is 0.214. The van der Waals surface area contributed by atoms with E-state index in [0.29, 0.717) is 4.96 Å². The van der Waals surface area contributed by atoms with Crippen molar-refractivity contribution < 1.29 is 19.5 Å². The van der Waals surface area contributed by atoms with Crippen molar-refractivity contribution in [1.82, 2.24) is 20.0 Å². The summed E-state index contributed by atoms with van der Waals surface area (Å²) in [6.45, 7) is 1.12. The number of carboxylic acid groups (broad SMARTS) is 1. The average molecular weight is 296 g/mol. The minimum Gasteiger partial charge on any atom is -0.480 e. The molecule has 0 saturated carbocycles. The fraction of sp³-hybridized carbons (Fsp3) is 0.273. The van der Waals surface area contributed by atoms with Crippen LogP contribution in [0.25, 0.3) is 4.96 Å². The number of nitrogens with zero attached hydrogens (tertiary/aromatic N) is 2. The molecule has 2 aromatic heterocycles. The van der Waals surface area contributed by atoms with Gasteiger partial charge in [-0.1, -0.05) is 0 Å². The van der Waals surface area contributed by atoms with E-state index in [1.165, 1.54) is 11.3 Å². The highest BCUT2D eigenvalue weighted by atomic mass is 32.1. The quantitative estimate of drug-likeness (QED) is 0.697. The number of rotatable bonds is 5. The molecular formula is C11H12N4O4S. The van der Waals surface area contributed by atoms with Gasteiger partial charge in [0.15, 0.2) is 4.96 Å². The van der Waals surface area contributed by atoms with Gasteiger partial charge in [-0.2, -0.15) is 0 Å². The van der Waals surface area contributed by atoms with E-state index >= 15 is 0 Å². The number of hydrogen-bond donors (Lipinski definition) is 3. The summed E-state index contributed by atoms with van der Waals surface area (Å²) in [6, 6.07) is 0. The van der Waals surface area contributed by atoms with Crippen molar-refractivity contribution in [2.24, 2.45) is 0 Å². The first-order valence-corrected chi connectivity index (χ1v) is 6.55. The van der Waals surface area contributed by atoms with Crippen LogP contribution in [-0.2, 0) is 9.59 Å². The first-order valence-electron chi connectivity index (χ1n) is 5.67. The number of nitrogens with one attached hydrogen (secondary N) is 2. The molecule has 106 valence electrons. The van der Waals surface area contributed by atoms with Crippen LogP contribution in [0.2, 0.25) is 0 Å². The van der Waals surface area contributed by atoms with Gasteiger partial charge in [-0.25, -0.2) is 4.98 Å². The lowest BCUT2D eigenvalue weighted by Crippen LogP contribution is -2.39. The van der Waals surface area contributed by atoms with Crippen LogP contribution in [0.5, 0.6) is 0 Å². The minimum atomic E-state index is -1.14. The smallest absolute Gasteiger partial charge is 0.322 e. The second kappa shape index (κ2) is 5.70. The standard InChI is InChI=1S/C11H12N4O4S/c1-6-5-20-11-14-7(4-15(6)11)10(19)13-2-8(16)12-3-9(17)18/h4-5H,2-3H2,1H3,(H,12,16)(H,13,19)(H,17,18). The number of imidazole rings is 1. The molecule has 0 bridgehead atoms. The Kier molecular flexibility index (Phi) is 3.99. The summed E-state index contributed by atoms with van der Waals surface area (Å²) in [5.74, 6) is -2.20. The van der Waals surface area contributed by atoms with E-state index in [9.17, 15) is 14.4 Å². The molecule has 0 aliphatic heterocycles. The summed E-state index contributed by atoms with van der Waals surface area (Å²) in [4.78, 5) is 38.1. The van der Waals surface area contributed by atoms with Crippen LogP contribution in [0.4, 0.5) is 0 Å². The molecule has 20 heavy (non-hydrogen) atoms. The van der Waals surface area contributed by atoms with E-state index < -0.39 is 24.3 Å². The molecule has 0 aliphatic carbocycles. The van der Waals surface area contributed by atoms with Crippen LogP contribution in [-0.4, -0.2) is 45.4 Å². The Hall–Kier alpha value is -2.42. The Bertz CT molecular complexity index is 675. The van der Waals surface area contributed by atoms with Crippen LogP contribution >= 0.6 is 11.3 Å². The molecule has 0 aromatic carbocycles. The van der Waals surface area contributed by atoms with Crippen molar-refractivity contribution >= 4 is 34.1 Å². The normalized spacial score (nSPS) is 10.4. The first kappa shape index (κ1) is 14.0. The summed E-state index contributed by atoms with van der Waals surface area (Å²) in [6.07, 6.45) is 1.59. The van der Waals surface area contributed by atoms with Gasteiger partial charge in [-0.3, -0.25) is 18.8 Å². The second-order valence-corrected chi connectivity index (χ2v) is 4.85. The van der Waals surface area contributed by atoms with Gasteiger partial charge < -0.3 is 15.7 Å². The molecule has 0 aliphatic rings. The van der Waals surface area contributed by atoms with Crippen LogP contribution in [0.1, 0.15) is 16.2 Å². The molecular weight excluding hydrogens is 284 g/mol. The van der Waals surface area contributed by atoms with Crippen molar-refractivity contribution in [2.75, 3.05) is 13.1 Å². The largest absolute Gasteiger partial charge is 0.480 e. The molecule has 2 heterocycles. The zero-order valence-corrected chi connectivity index (χ0v) is 11.4. The van der Waals surface area contributed by atoms with Crippen LogP contribution in [0, 0.1) is 6.92 Å². The zero-order valence-electron chi connectivity index (χ0n) is 10.5. The second-order valence-electron chi connectivity index (χ2n) is 4.01. The molecule has 0 unspecified atom stereocenters. The molecule has 3 N–H and O–H groups in total. The van der Waals surface area contributed by atoms with E-state index in [-0.39, 0.29) is 12.2 Å². The maximum atomic E-state index is 11.8. The molecule has 0 atom stereocenters. The zero-order chi connectivity index (χ0) is 14.7. The third kappa shape index (κ3) is 3.12. The first-order chi connectivity index (χ1) is 9.47. The molecule has 9 heteroatoms. The number of aromatic nitrogens is 2. The summed E-state index contributed by atoms with van der Waals surface area (Å²) in [5, 5.41) is 14.8. The Morgan fingerprint density at radius 1 is 1.35 bits per heavy atom. The maximum Gasteiger partial charge on any atom is 0.322 e. The number of carbonyl (C=O) groups excluding carboxylic acids is 2. The Morgan fingerprint density at radius 2 is 2.10 bits per heavy atom. The number of aryl methyl sites for hydroxylation is 1. The molecule has 2 aromatic rings. The van der Waals surface area contributed by atoms with Crippen molar-refractivity contribution in [1.29, 1.82) is 0 Å². The van der Waals surface area contributed by atoms with Crippen molar-refractivity contribution in [3.05, 3.63) is 23.0 Å². The SMILES string of the molecule is Cc1csc2nc(C(=O)NCC(=O)NCC(=O)O)cn12. The molecule has 0 saturated heterocycles.